The molecule has 0 saturated carbocycles. The third-order valence-corrected chi connectivity index (χ3v) is 0.606. The highest BCUT2D eigenvalue weighted by Crippen LogP contribution is 1.60. The Bertz CT molecular complexity index is 52.0. The minimum absolute atomic E-state index is 0.963. The third-order valence-electron chi connectivity index (χ3n) is 0.606. The molecular formula is C5H11BN. The number of rotatable bonds is 3. The van der Waals surface area contributed by atoms with Gasteiger partial charge in [0.2, 0.25) is 0 Å². The summed E-state index contributed by atoms with van der Waals surface area (Å²) >= 11 is 0. The molecule has 0 aliphatic heterocycles. The van der Waals surface area contributed by atoms with E-state index in [1.54, 1.807) is 0 Å². The summed E-state index contributed by atoms with van der Waals surface area (Å²) in [5, 5.41) is 3.05. The molecule has 1 nitrogen and oxygen atoms in total. The van der Waals surface area contributed by atoms with Crippen molar-refractivity contribution in [1.82, 2.24) is 5.32 Å². The highest BCUT2D eigenvalue weighted by molar-refractivity contribution is 6.33. The second-order valence-electron chi connectivity index (χ2n) is 1.32. The van der Waals surface area contributed by atoms with Gasteiger partial charge in [-0.15, -0.1) is 0 Å². The third kappa shape index (κ3) is 5.60. The summed E-state index contributed by atoms with van der Waals surface area (Å²) in [5.74, 6) is 0. The van der Waals surface area contributed by atoms with Crippen LogP contribution in [0.2, 0.25) is 6.82 Å². The van der Waals surface area contributed by atoms with Gasteiger partial charge >= 0.3 is 0 Å². The topological polar surface area (TPSA) is 12.0 Å². The summed E-state index contributed by atoms with van der Waals surface area (Å²) in [6.45, 7) is 4.01. The molecule has 0 fully saturated rings. The van der Waals surface area contributed by atoms with Crippen LogP contribution >= 0.6 is 0 Å². The first-order valence-electron chi connectivity index (χ1n) is 2.54. The van der Waals surface area contributed by atoms with Gasteiger partial charge in [-0.05, 0) is 19.6 Å². The molecule has 0 bridgehead atoms. The van der Waals surface area contributed by atoms with Crippen LogP contribution in [0.25, 0.3) is 0 Å². The van der Waals surface area contributed by atoms with Crippen molar-refractivity contribution in [1.29, 1.82) is 0 Å². The van der Waals surface area contributed by atoms with Gasteiger partial charge in [0.15, 0.2) is 0 Å². The number of nitrogens with one attached hydrogen (secondary N) is 1. The van der Waals surface area contributed by atoms with E-state index >= 15 is 0 Å². The van der Waals surface area contributed by atoms with Crippen LogP contribution in [-0.4, -0.2) is 13.7 Å². The van der Waals surface area contributed by atoms with E-state index in [9.17, 15) is 0 Å². The van der Waals surface area contributed by atoms with Crippen molar-refractivity contribution in [2.45, 2.75) is 13.7 Å². The van der Waals surface area contributed by atoms with Crippen molar-refractivity contribution < 1.29 is 0 Å². The monoisotopic (exact) mass is 96.1 g/mol. The lowest BCUT2D eigenvalue weighted by molar-refractivity contribution is 1.04. The van der Waals surface area contributed by atoms with Crippen molar-refractivity contribution in [3.8, 4) is 0 Å². The van der Waals surface area contributed by atoms with Crippen LogP contribution in [0.3, 0.4) is 0 Å². The van der Waals surface area contributed by atoms with E-state index in [4.69, 9.17) is 0 Å². The maximum Gasteiger partial charge on any atom is 0.132 e. The molecule has 0 rings (SSSR count). The molecule has 1 radical (unpaired) electrons. The first-order chi connectivity index (χ1) is 3.41. The molecule has 0 spiro atoms. The molecule has 1 N–H and O–H groups in total. The lowest BCUT2D eigenvalue weighted by Gasteiger charge is -1.90. The van der Waals surface area contributed by atoms with E-state index in [1.807, 2.05) is 26.0 Å². The first kappa shape index (κ1) is 6.60. The van der Waals surface area contributed by atoms with E-state index in [2.05, 4.69) is 12.6 Å². The highest BCUT2D eigenvalue weighted by Gasteiger charge is 1.71. The van der Waals surface area contributed by atoms with Gasteiger partial charge in [0.1, 0.15) is 7.28 Å². The molecular weight excluding hydrogens is 84.9 g/mol. The number of allylic oxidation sites excluding steroid dienone is 1. The van der Waals surface area contributed by atoms with E-state index in [1.165, 1.54) is 0 Å². The summed E-state index contributed by atoms with van der Waals surface area (Å²) in [5.41, 5.74) is 0. The van der Waals surface area contributed by atoms with Crippen LogP contribution in [-0.2, 0) is 0 Å². The Morgan fingerprint density at radius 2 is 2.43 bits per heavy atom. The molecule has 0 aliphatic rings. The van der Waals surface area contributed by atoms with E-state index in [0.29, 0.717) is 0 Å². The summed E-state index contributed by atoms with van der Waals surface area (Å²) in [6.07, 6.45) is 4.87. The molecule has 0 aromatic carbocycles. The lowest BCUT2D eigenvalue weighted by Crippen LogP contribution is -2.10. The van der Waals surface area contributed by atoms with E-state index in [-0.39, 0.29) is 0 Å². The molecule has 0 aliphatic carbocycles. The van der Waals surface area contributed by atoms with Gasteiger partial charge in [-0.25, -0.2) is 0 Å². The Labute approximate surface area is 46.0 Å². The van der Waals surface area contributed by atoms with Crippen LogP contribution in [0.15, 0.2) is 12.3 Å². The van der Waals surface area contributed by atoms with Gasteiger partial charge < -0.3 is 5.32 Å². The van der Waals surface area contributed by atoms with E-state index < -0.39 is 0 Å². The zero-order valence-corrected chi connectivity index (χ0v) is 4.94. The van der Waals surface area contributed by atoms with Crippen LogP contribution in [0.1, 0.15) is 6.92 Å². The minimum Gasteiger partial charge on any atom is -0.399 e. The van der Waals surface area contributed by atoms with Gasteiger partial charge in [0, 0.05) is 0 Å². The standard InChI is InChI=1S/C5H11BN/c1-3-4-7-5-6-2/h3-4,7H,5H2,1-2H3. The molecule has 7 heavy (non-hydrogen) atoms. The molecule has 0 saturated heterocycles. The largest absolute Gasteiger partial charge is 0.399 e. The molecule has 0 unspecified atom stereocenters. The average molecular weight is 96.0 g/mol. The molecule has 0 atom stereocenters. The summed E-state index contributed by atoms with van der Waals surface area (Å²) < 4.78 is 0. The predicted octanol–water partition coefficient (Wildman–Crippen LogP) is 0.819. The van der Waals surface area contributed by atoms with Gasteiger partial charge in [0.05, 0.1) is 0 Å². The molecule has 0 aromatic heterocycles. The van der Waals surface area contributed by atoms with Gasteiger partial charge in [0.25, 0.3) is 0 Å². The Kier molecular flexibility index (Phi) is 5.29. The number of hydrogen-bond donors (Lipinski definition) is 1. The van der Waals surface area contributed by atoms with Gasteiger partial charge in [-0.1, -0.05) is 12.9 Å². The average Bonchev–Trinajstić information content (AvgIpc) is 1.69. The Morgan fingerprint density at radius 3 is 2.86 bits per heavy atom. The maximum atomic E-state index is 3.05. The van der Waals surface area contributed by atoms with E-state index in [0.717, 1.165) is 6.44 Å². The first-order valence-corrected chi connectivity index (χ1v) is 2.54. The quantitative estimate of drug-likeness (QED) is 0.405. The second kappa shape index (κ2) is 5.60. The zero-order chi connectivity index (χ0) is 5.54. The summed E-state index contributed by atoms with van der Waals surface area (Å²) in [4.78, 5) is 0. The SMILES string of the molecule is C[B]CNC=CC. The maximum absolute atomic E-state index is 3.05. The Balaban J connectivity index is 2.69. The van der Waals surface area contributed by atoms with Crippen LogP contribution in [0.5, 0.6) is 0 Å². The van der Waals surface area contributed by atoms with Crippen LogP contribution in [0.4, 0.5) is 0 Å². The summed E-state index contributed by atoms with van der Waals surface area (Å²) in [6, 6.07) is 0. The van der Waals surface area contributed by atoms with Gasteiger partial charge in [-0.3, -0.25) is 0 Å². The van der Waals surface area contributed by atoms with Crippen molar-refractivity contribution in [2.75, 3.05) is 6.44 Å². The van der Waals surface area contributed by atoms with Crippen LogP contribution < -0.4 is 5.32 Å². The molecule has 39 valence electrons. The Morgan fingerprint density at radius 1 is 1.71 bits per heavy atom. The minimum atomic E-state index is 0.963. The van der Waals surface area contributed by atoms with Crippen molar-refractivity contribution in [3.63, 3.8) is 0 Å². The molecule has 0 amide bonds. The highest BCUT2D eigenvalue weighted by atomic mass is 14.8. The molecule has 0 aromatic rings. The fourth-order valence-corrected chi connectivity index (χ4v) is 0.304. The Hall–Kier alpha value is -0.395. The van der Waals surface area contributed by atoms with Crippen molar-refractivity contribution in [3.05, 3.63) is 12.3 Å². The fraction of sp³-hybridized carbons (Fsp3) is 0.600. The van der Waals surface area contributed by atoms with Crippen LogP contribution in [0, 0.1) is 0 Å². The van der Waals surface area contributed by atoms with Crippen molar-refractivity contribution >= 4 is 7.28 Å². The second-order valence-corrected chi connectivity index (χ2v) is 1.32. The lowest BCUT2D eigenvalue weighted by atomic mass is 9.83. The summed E-state index contributed by atoms with van der Waals surface area (Å²) in [7, 11) is 2.07. The van der Waals surface area contributed by atoms with Gasteiger partial charge in [-0.2, -0.15) is 0 Å². The smallest absolute Gasteiger partial charge is 0.132 e. The molecule has 2 heteroatoms. The predicted molar refractivity (Wildman–Crippen MR) is 34.4 cm³/mol. The van der Waals surface area contributed by atoms with Crippen molar-refractivity contribution in [2.24, 2.45) is 0 Å². The fourth-order valence-electron chi connectivity index (χ4n) is 0.304. The molecule has 0 heterocycles. The number of hydrogen-bond acceptors (Lipinski definition) is 1. The zero-order valence-electron chi connectivity index (χ0n) is 4.94. The normalized spacial score (nSPS) is 9.43.